The zero-order valence-electron chi connectivity index (χ0n) is 13.6. The van der Waals surface area contributed by atoms with Crippen LogP contribution in [0.2, 0.25) is 0 Å². The number of hydrogen-bond donors (Lipinski definition) is 2. The van der Waals surface area contributed by atoms with Crippen molar-refractivity contribution in [3.05, 3.63) is 52.9 Å². The van der Waals surface area contributed by atoms with Crippen LogP contribution >= 0.6 is 0 Å². The number of benzene rings is 1. The Morgan fingerprint density at radius 2 is 1.84 bits per heavy atom. The van der Waals surface area contributed by atoms with Crippen molar-refractivity contribution in [1.29, 1.82) is 0 Å². The van der Waals surface area contributed by atoms with Crippen LogP contribution in [0.3, 0.4) is 0 Å². The first-order chi connectivity index (χ1) is 11.9. The van der Waals surface area contributed by atoms with Gasteiger partial charge in [0.15, 0.2) is 11.5 Å². The monoisotopic (exact) mass is 367 g/mol. The van der Waals surface area contributed by atoms with Gasteiger partial charge in [0.2, 0.25) is 0 Å². The number of pyridine rings is 1. The fourth-order valence-corrected chi connectivity index (χ4v) is 2.83. The standard InChI is InChI=1S/C15H17N3O6S/c1-23-12-7-6-11(9-13(12)24-2)25(21,22)17-16-14(19)10-18-8-4-3-5-15(18)20/h3-9,17H,10H2,1-2H3,(H,16,19). The van der Waals surface area contributed by atoms with E-state index in [-0.39, 0.29) is 22.7 Å². The van der Waals surface area contributed by atoms with Gasteiger partial charge in [-0.3, -0.25) is 15.0 Å². The smallest absolute Gasteiger partial charge is 0.257 e. The Balaban J connectivity index is 2.07. The predicted molar refractivity (Wildman–Crippen MR) is 88.7 cm³/mol. The van der Waals surface area contributed by atoms with Gasteiger partial charge in [-0.1, -0.05) is 6.07 Å². The number of sulfonamides is 1. The molecule has 0 saturated carbocycles. The molecule has 0 bridgehead atoms. The third kappa shape index (κ3) is 4.58. The second kappa shape index (κ2) is 7.81. The molecule has 2 aromatic rings. The van der Waals surface area contributed by atoms with Crippen LogP contribution in [0.5, 0.6) is 11.5 Å². The first-order valence-corrected chi connectivity index (χ1v) is 8.54. The van der Waals surface area contributed by atoms with Crippen LogP contribution in [0.4, 0.5) is 0 Å². The Kier molecular flexibility index (Phi) is 5.78. The van der Waals surface area contributed by atoms with E-state index in [1.165, 1.54) is 50.7 Å². The van der Waals surface area contributed by atoms with Crippen molar-refractivity contribution in [1.82, 2.24) is 14.8 Å². The minimum absolute atomic E-state index is 0.123. The SMILES string of the molecule is COc1ccc(S(=O)(=O)NNC(=O)Cn2ccccc2=O)cc1OC. The molecule has 0 aliphatic heterocycles. The summed E-state index contributed by atoms with van der Waals surface area (Å²) in [6.07, 6.45) is 1.42. The number of rotatable bonds is 7. The maximum Gasteiger partial charge on any atom is 0.257 e. The molecule has 0 radical (unpaired) electrons. The van der Waals surface area contributed by atoms with Crippen molar-refractivity contribution in [3.63, 3.8) is 0 Å². The fourth-order valence-electron chi connectivity index (χ4n) is 1.95. The first-order valence-electron chi connectivity index (χ1n) is 7.05. The van der Waals surface area contributed by atoms with Gasteiger partial charge < -0.3 is 14.0 Å². The summed E-state index contributed by atoms with van der Waals surface area (Å²) in [6.45, 7) is -0.325. The summed E-state index contributed by atoms with van der Waals surface area (Å²) < 4.78 is 35.7. The topological polar surface area (TPSA) is 116 Å². The molecule has 25 heavy (non-hydrogen) atoms. The normalized spacial score (nSPS) is 11.0. The summed E-state index contributed by atoms with van der Waals surface area (Å²) in [5, 5.41) is 0. The fraction of sp³-hybridized carbons (Fsp3) is 0.200. The summed E-state index contributed by atoms with van der Waals surface area (Å²) in [7, 11) is -1.22. The zero-order valence-corrected chi connectivity index (χ0v) is 14.4. The lowest BCUT2D eigenvalue weighted by atomic mass is 10.3. The number of nitrogens with zero attached hydrogens (tertiary/aromatic N) is 1. The van der Waals surface area contributed by atoms with Crippen molar-refractivity contribution < 1.29 is 22.7 Å². The number of nitrogens with one attached hydrogen (secondary N) is 2. The predicted octanol–water partition coefficient (Wildman–Crippen LogP) is -0.125. The van der Waals surface area contributed by atoms with Crippen molar-refractivity contribution >= 4 is 15.9 Å². The summed E-state index contributed by atoms with van der Waals surface area (Å²) in [6, 6.07) is 8.41. The molecule has 0 fully saturated rings. The Bertz CT molecular complexity index is 923. The van der Waals surface area contributed by atoms with Gasteiger partial charge in [0, 0.05) is 18.3 Å². The van der Waals surface area contributed by atoms with Crippen LogP contribution in [0.25, 0.3) is 0 Å². The molecular weight excluding hydrogens is 350 g/mol. The number of hydrogen-bond acceptors (Lipinski definition) is 6. The van der Waals surface area contributed by atoms with Crippen LogP contribution in [0, 0.1) is 0 Å². The molecule has 9 nitrogen and oxygen atoms in total. The molecule has 0 atom stereocenters. The van der Waals surface area contributed by atoms with E-state index in [1.54, 1.807) is 6.07 Å². The van der Waals surface area contributed by atoms with Crippen LogP contribution in [0.15, 0.2) is 52.3 Å². The molecule has 2 rings (SSSR count). The number of carbonyl (C=O) groups excluding carboxylic acids is 1. The van der Waals surface area contributed by atoms with Gasteiger partial charge in [-0.2, -0.15) is 0 Å². The van der Waals surface area contributed by atoms with Gasteiger partial charge in [-0.05, 0) is 18.2 Å². The Morgan fingerprint density at radius 3 is 2.48 bits per heavy atom. The highest BCUT2D eigenvalue weighted by atomic mass is 32.2. The molecule has 1 aromatic heterocycles. The first kappa shape index (κ1) is 18.5. The van der Waals surface area contributed by atoms with E-state index in [0.29, 0.717) is 5.75 Å². The van der Waals surface area contributed by atoms with E-state index in [2.05, 4.69) is 5.43 Å². The highest BCUT2D eigenvalue weighted by molar-refractivity contribution is 7.89. The quantitative estimate of drug-likeness (QED) is 0.659. The van der Waals surface area contributed by atoms with Crippen LogP contribution in [-0.4, -0.2) is 33.1 Å². The van der Waals surface area contributed by atoms with E-state index < -0.39 is 15.9 Å². The zero-order chi connectivity index (χ0) is 18.4. The van der Waals surface area contributed by atoms with Gasteiger partial charge >= 0.3 is 0 Å². The maximum absolute atomic E-state index is 12.2. The van der Waals surface area contributed by atoms with Gasteiger partial charge in [0.1, 0.15) is 6.54 Å². The van der Waals surface area contributed by atoms with Gasteiger partial charge in [0.25, 0.3) is 21.5 Å². The Morgan fingerprint density at radius 1 is 1.12 bits per heavy atom. The summed E-state index contributed by atoms with van der Waals surface area (Å²) in [5.74, 6) is -0.0983. The molecule has 1 aromatic carbocycles. The number of carbonyl (C=O) groups is 1. The molecule has 0 aliphatic rings. The third-order valence-corrected chi connectivity index (χ3v) is 4.45. The van der Waals surface area contributed by atoms with E-state index in [0.717, 1.165) is 4.57 Å². The molecule has 0 unspecified atom stereocenters. The number of methoxy groups -OCH3 is 2. The molecular formula is C15H17N3O6S. The minimum atomic E-state index is -4.02. The molecule has 0 saturated heterocycles. The number of amides is 1. The summed E-state index contributed by atoms with van der Waals surface area (Å²) >= 11 is 0. The molecule has 1 amide bonds. The molecule has 10 heteroatoms. The van der Waals surface area contributed by atoms with E-state index in [9.17, 15) is 18.0 Å². The Labute approximate surface area is 144 Å². The van der Waals surface area contributed by atoms with E-state index in [4.69, 9.17) is 9.47 Å². The lowest BCUT2D eigenvalue weighted by Gasteiger charge is -2.12. The minimum Gasteiger partial charge on any atom is -0.493 e. The van der Waals surface area contributed by atoms with Crippen LogP contribution in [0.1, 0.15) is 0 Å². The molecule has 0 aliphatic carbocycles. The second-order valence-corrected chi connectivity index (χ2v) is 6.52. The number of aromatic nitrogens is 1. The van der Waals surface area contributed by atoms with Gasteiger partial charge in [-0.15, -0.1) is 4.83 Å². The van der Waals surface area contributed by atoms with E-state index in [1.807, 2.05) is 4.83 Å². The molecule has 134 valence electrons. The van der Waals surface area contributed by atoms with Crippen LogP contribution < -0.4 is 25.3 Å². The molecule has 1 heterocycles. The van der Waals surface area contributed by atoms with Gasteiger partial charge in [-0.25, -0.2) is 8.42 Å². The second-order valence-electron chi connectivity index (χ2n) is 4.84. The highest BCUT2D eigenvalue weighted by Gasteiger charge is 2.18. The van der Waals surface area contributed by atoms with Crippen molar-refractivity contribution in [2.75, 3.05) is 14.2 Å². The average Bonchev–Trinajstić information content (AvgIpc) is 2.61. The lowest BCUT2D eigenvalue weighted by molar-refractivity contribution is -0.122. The van der Waals surface area contributed by atoms with Crippen molar-refractivity contribution in [2.45, 2.75) is 11.4 Å². The number of hydrazine groups is 1. The Hall–Kier alpha value is -2.85. The maximum atomic E-state index is 12.2. The van der Waals surface area contributed by atoms with Gasteiger partial charge in [0.05, 0.1) is 19.1 Å². The average molecular weight is 367 g/mol. The molecule has 0 spiro atoms. The number of ether oxygens (including phenoxy) is 2. The third-order valence-electron chi connectivity index (χ3n) is 3.20. The van der Waals surface area contributed by atoms with Crippen LogP contribution in [-0.2, 0) is 21.4 Å². The van der Waals surface area contributed by atoms with E-state index >= 15 is 0 Å². The highest BCUT2D eigenvalue weighted by Crippen LogP contribution is 2.29. The summed E-state index contributed by atoms with van der Waals surface area (Å²) in [4.78, 5) is 25.2. The molecule has 2 N–H and O–H groups in total. The lowest BCUT2D eigenvalue weighted by Crippen LogP contribution is -2.44. The van der Waals surface area contributed by atoms with Crippen molar-refractivity contribution in [2.24, 2.45) is 0 Å². The van der Waals surface area contributed by atoms with Crippen molar-refractivity contribution in [3.8, 4) is 11.5 Å². The largest absolute Gasteiger partial charge is 0.493 e. The summed E-state index contributed by atoms with van der Waals surface area (Å²) in [5.41, 5.74) is 1.68.